The summed E-state index contributed by atoms with van der Waals surface area (Å²) >= 11 is 0. The molecule has 1 aliphatic carbocycles. The van der Waals surface area contributed by atoms with E-state index in [2.05, 4.69) is 5.32 Å². The first-order valence-corrected chi connectivity index (χ1v) is 4.12. The molecule has 2 N–H and O–H groups in total. The second-order valence-electron chi connectivity index (χ2n) is 3.29. The molecule has 12 heavy (non-hydrogen) atoms. The Morgan fingerprint density at radius 1 is 1.50 bits per heavy atom. The highest BCUT2D eigenvalue weighted by Crippen LogP contribution is 2.37. The van der Waals surface area contributed by atoms with Crippen molar-refractivity contribution in [3.05, 3.63) is 0 Å². The second kappa shape index (κ2) is 3.56. The van der Waals surface area contributed by atoms with Crippen LogP contribution in [0.5, 0.6) is 0 Å². The Bertz CT molecular complexity index is 185. The van der Waals surface area contributed by atoms with Crippen LogP contribution in [0.3, 0.4) is 0 Å². The SMILES string of the molecule is O=CNCC1(C(=O)O)CCCC1. The van der Waals surface area contributed by atoms with E-state index in [4.69, 9.17) is 5.11 Å². The van der Waals surface area contributed by atoms with Crippen LogP contribution in [0.2, 0.25) is 0 Å². The van der Waals surface area contributed by atoms with Crippen molar-refractivity contribution in [2.75, 3.05) is 6.54 Å². The molecule has 1 rings (SSSR count). The molecule has 1 fully saturated rings. The summed E-state index contributed by atoms with van der Waals surface area (Å²) in [5.74, 6) is -0.783. The topological polar surface area (TPSA) is 66.4 Å². The Morgan fingerprint density at radius 3 is 2.50 bits per heavy atom. The summed E-state index contributed by atoms with van der Waals surface area (Å²) in [5, 5.41) is 11.4. The van der Waals surface area contributed by atoms with E-state index in [1.165, 1.54) is 0 Å². The third kappa shape index (κ3) is 1.57. The molecule has 1 saturated carbocycles. The molecule has 1 aliphatic rings. The molecule has 0 heterocycles. The molecule has 0 bridgehead atoms. The highest BCUT2D eigenvalue weighted by atomic mass is 16.4. The van der Waals surface area contributed by atoms with E-state index in [1.54, 1.807) is 0 Å². The largest absolute Gasteiger partial charge is 0.481 e. The van der Waals surface area contributed by atoms with Crippen LogP contribution in [0, 0.1) is 5.41 Å². The molecule has 0 aromatic rings. The lowest BCUT2D eigenvalue weighted by Gasteiger charge is -2.22. The van der Waals surface area contributed by atoms with Gasteiger partial charge in [0.15, 0.2) is 0 Å². The van der Waals surface area contributed by atoms with Gasteiger partial charge in [-0.05, 0) is 12.8 Å². The minimum absolute atomic E-state index is 0.270. The van der Waals surface area contributed by atoms with Crippen LogP contribution in [0.25, 0.3) is 0 Å². The quantitative estimate of drug-likeness (QED) is 0.601. The van der Waals surface area contributed by atoms with Gasteiger partial charge in [0.25, 0.3) is 0 Å². The van der Waals surface area contributed by atoms with Gasteiger partial charge >= 0.3 is 5.97 Å². The van der Waals surface area contributed by atoms with E-state index < -0.39 is 11.4 Å². The highest BCUT2D eigenvalue weighted by molar-refractivity contribution is 5.75. The first kappa shape index (κ1) is 9.03. The number of carboxylic acid groups (broad SMARTS) is 1. The number of hydrogen-bond donors (Lipinski definition) is 2. The number of carboxylic acids is 1. The molecule has 0 spiro atoms. The molecule has 4 nitrogen and oxygen atoms in total. The minimum atomic E-state index is -0.783. The highest BCUT2D eigenvalue weighted by Gasteiger charge is 2.40. The van der Waals surface area contributed by atoms with E-state index in [0.717, 1.165) is 12.8 Å². The lowest BCUT2D eigenvalue weighted by atomic mass is 9.86. The maximum Gasteiger partial charge on any atom is 0.311 e. The van der Waals surface area contributed by atoms with Gasteiger partial charge in [-0.1, -0.05) is 12.8 Å². The van der Waals surface area contributed by atoms with Gasteiger partial charge in [-0.2, -0.15) is 0 Å². The molecular weight excluding hydrogens is 158 g/mol. The van der Waals surface area contributed by atoms with Gasteiger partial charge < -0.3 is 10.4 Å². The molecule has 0 saturated heterocycles. The third-order valence-electron chi connectivity index (χ3n) is 2.54. The van der Waals surface area contributed by atoms with Gasteiger partial charge in [0.1, 0.15) is 0 Å². The van der Waals surface area contributed by atoms with E-state index in [0.29, 0.717) is 19.3 Å². The first-order valence-electron chi connectivity index (χ1n) is 4.12. The van der Waals surface area contributed by atoms with E-state index in [-0.39, 0.29) is 6.54 Å². The van der Waals surface area contributed by atoms with Crippen molar-refractivity contribution < 1.29 is 14.7 Å². The lowest BCUT2D eigenvalue weighted by Crippen LogP contribution is -2.38. The van der Waals surface area contributed by atoms with Crippen LogP contribution in [0.15, 0.2) is 0 Å². The fourth-order valence-corrected chi connectivity index (χ4v) is 1.76. The Morgan fingerprint density at radius 2 is 2.08 bits per heavy atom. The zero-order chi connectivity index (χ0) is 9.03. The maximum absolute atomic E-state index is 10.9. The van der Waals surface area contributed by atoms with Crippen LogP contribution in [-0.2, 0) is 9.59 Å². The van der Waals surface area contributed by atoms with Crippen LogP contribution >= 0.6 is 0 Å². The molecule has 0 aromatic carbocycles. The molecule has 0 aromatic heterocycles. The number of carbonyl (C=O) groups excluding carboxylic acids is 1. The standard InChI is InChI=1S/C8H13NO3/c10-6-9-5-8(7(11)12)3-1-2-4-8/h6H,1-5H2,(H,9,10)(H,11,12). The summed E-state index contributed by atoms with van der Waals surface area (Å²) < 4.78 is 0. The fraction of sp³-hybridized carbons (Fsp3) is 0.750. The predicted molar refractivity (Wildman–Crippen MR) is 42.6 cm³/mol. The molecule has 0 unspecified atom stereocenters. The normalized spacial score (nSPS) is 20.3. The zero-order valence-electron chi connectivity index (χ0n) is 6.88. The fourth-order valence-electron chi connectivity index (χ4n) is 1.76. The average Bonchev–Trinajstić information content (AvgIpc) is 2.50. The molecule has 68 valence electrons. The maximum atomic E-state index is 10.9. The van der Waals surface area contributed by atoms with Gasteiger partial charge in [0.2, 0.25) is 6.41 Å². The van der Waals surface area contributed by atoms with Crippen LogP contribution in [-0.4, -0.2) is 24.0 Å². The van der Waals surface area contributed by atoms with E-state index >= 15 is 0 Å². The van der Waals surface area contributed by atoms with Crippen molar-refractivity contribution in [2.24, 2.45) is 5.41 Å². The van der Waals surface area contributed by atoms with Gasteiger partial charge in [0, 0.05) is 6.54 Å². The zero-order valence-corrected chi connectivity index (χ0v) is 6.88. The van der Waals surface area contributed by atoms with Crippen molar-refractivity contribution in [3.8, 4) is 0 Å². The Labute approximate surface area is 71.0 Å². The molecule has 0 radical (unpaired) electrons. The van der Waals surface area contributed by atoms with Crippen molar-refractivity contribution in [2.45, 2.75) is 25.7 Å². The summed E-state index contributed by atoms with van der Waals surface area (Å²) in [6.07, 6.45) is 3.83. The second-order valence-corrected chi connectivity index (χ2v) is 3.29. The summed E-state index contributed by atoms with van der Waals surface area (Å²) in [7, 11) is 0. The number of aliphatic carboxylic acids is 1. The van der Waals surface area contributed by atoms with Crippen LogP contribution in [0.1, 0.15) is 25.7 Å². The van der Waals surface area contributed by atoms with E-state index in [1.807, 2.05) is 0 Å². The number of hydrogen-bond acceptors (Lipinski definition) is 2. The number of carbonyl (C=O) groups is 2. The monoisotopic (exact) mass is 171 g/mol. The Kier molecular flexibility index (Phi) is 2.68. The van der Waals surface area contributed by atoms with Gasteiger partial charge in [-0.25, -0.2) is 0 Å². The Balaban J connectivity index is 2.58. The number of rotatable bonds is 4. The Hall–Kier alpha value is -1.06. The summed E-state index contributed by atoms with van der Waals surface area (Å²) in [4.78, 5) is 20.9. The van der Waals surface area contributed by atoms with Gasteiger partial charge in [-0.3, -0.25) is 9.59 Å². The minimum Gasteiger partial charge on any atom is -0.481 e. The van der Waals surface area contributed by atoms with E-state index in [9.17, 15) is 9.59 Å². The van der Waals surface area contributed by atoms with Crippen LogP contribution < -0.4 is 5.32 Å². The summed E-state index contributed by atoms with van der Waals surface area (Å²) in [6.45, 7) is 0.270. The van der Waals surface area contributed by atoms with Gasteiger partial charge in [-0.15, -0.1) is 0 Å². The molecule has 4 heteroatoms. The summed E-state index contributed by atoms with van der Waals surface area (Å²) in [6, 6.07) is 0. The molecule has 0 atom stereocenters. The number of nitrogens with one attached hydrogen (secondary N) is 1. The van der Waals surface area contributed by atoms with Crippen LogP contribution in [0.4, 0.5) is 0 Å². The smallest absolute Gasteiger partial charge is 0.311 e. The average molecular weight is 171 g/mol. The van der Waals surface area contributed by atoms with Crippen molar-refractivity contribution in [1.29, 1.82) is 0 Å². The molecule has 1 amide bonds. The lowest BCUT2D eigenvalue weighted by molar-refractivity contribution is -0.148. The van der Waals surface area contributed by atoms with Crippen molar-refractivity contribution in [1.82, 2.24) is 5.32 Å². The first-order chi connectivity index (χ1) is 5.71. The number of amides is 1. The molecule has 0 aliphatic heterocycles. The summed E-state index contributed by atoms with van der Waals surface area (Å²) in [5.41, 5.74) is -0.680. The van der Waals surface area contributed by atoms with Crippen molar-refractivity contribution in [3.63, 3.8) is 0 Å². The molecular formula is C8H13NO3. The van der Waals surface area contributed by atoms with Crippen molar-refractivity contribution >= 4 is 12.4 Å². The van der Waals surface area contributed by atoms with Gasteiger partial charge in [0.05, 0.1) is 5.41 Å². The third-order valence-corrected chi connectivity index (χ3v) is 2.54. The predicted octanol–water partition coefficient (Wildman–Crippen LogP) is 0.377.